The third-order valence-electron chi connectivity index (χ3n) is 0.495. The van der Waals surface area contributed by atoms with Crippen LogP contribution in [0.25, 0.3) is 0 Å². The second kappa shape index (κ2) is 7.92. The van der Waals surface area contributed by atoms with Crippen molar-refractivity contribution in [3.05, 3.63) is 25.3 Å². The zero-order valence-corrected chi connectivity index (χ0v) is 8.20. The predicted molar refractivity (Wildman–Crippen MR) is 51.4 cm³/mol. The van der Waals surface area contributed by atoms with Crippen LogP contribution in [0.15, 0.2) is 25.3 Å². The van der Waals surface area contributed by atoms with Crippen molar-refractivity contribution in [2.75, 3.05) is 11.9 Å². The van der Waals surface area contributed by atoms with Crippen LogP contribution >= 0.6 is 9.24 Å². The second-order valence-corrected chi connectivity index (χ2v) is 3.53. The van der Waals surface area contributed by atoms with Gasteiger partial charge in [0.15, 0.2) is 0 Å². The van der Waals surface area contributed by atoms with Gasteiger partial charge >= 0.3 is 0 Å². The zero-order chi connectivity index (χ0) is 9.33. The molecule has 66 valence electrons. The number of allylic oxidation sites excluding steroid dienone is 1. The second-order valence-electron chi connectivity index (χ2n) is 1.56. The van der Waals surface area contributed by atoms with Crippen LogP contribution in [-0.4, -0.2) is 24.9 Å². The third-order valence-corrected chi connectivity index (χ3v) is 1.49. The fourth-order valence-electron chi connectivity index (χ4n) is 0.149. The summed E-state index contributed by atoms with van der Waals surface area (Å²) >= 11 is 0. The molecule has 0 bridgehead atoms. The summed E-state index contributed by atoms with van der Waals surface area (Å²) in [5, 5.41) is 0. The van der Waals surface area contributed by atoms with Gasteiger partial charge in [-0.3, -0.25) is 4.55 Å². The predicted octanol–water partition coefficient (Wildman–Crippen LogP) is 1.11. The molecule has 0 spiro atoms. The Labute approximate surface area is 70.1 Å². The van der Waals surface area contributed by atoms with Crippen molar-refractivity contribution in [2.45, 2.75) is 0 Å². The maximum atomic E-state index is 9.72. The van der Waals surface area contributed by atoms with Gasteiger partial charge in [0.1, 0.15) is 0 Å². The molecule has 0 heterocycles. The molecule has 0 aliphatic carbocycles. The first-order valence-corrected chi connectivity index (χ1v) is 5.27. The van der Waals surface area contributed by atoms with Gasteiger partial charge in [0.2, 0.25) is 0 Å². The fourth-order valence-corrected chi connectivity index (χ4v) is 0.447. The Kier molecular flexibility index (Phi) is 9.66. The molecule has 1 N–H and O–H groups in total. The maximum Gasteiger partial charge on any atom is 0.268 e. The van der Waals surface area contributed by atoms with E-state index in [1.807, 2.05) is 6.08 Å². The molecule has 0 saturated heterocycles. The molecule has 0 amide bonds. The van der Waals surface area contributed by atoms with Crippen molar-refractivity contribution in [3.8, 4) is 0 Å². The molecule has 1 unspecified atom stereocenters. The van der Waals surface area contributed by atoms with Crippen LogP contribution < -0.4 is 0 Å². The van der Waals surface area contributed by atoms with Gasteiger partial charge < -0.3 is 0 Å². The Morgan fingerprint density at radius 2 is 1.73 bits per heavy atom. The largest absolute Gasteiger partial charge is 0.285 e. The van der Waals surface area contributed by atoms with Crippen LogP contribution in [0, 0.1) is 0 Å². The molecule has 0 fully saturated rings. The number of rotatable bonds is 3. The van der Waals surface area contributed by atoms with E-state index < -0.39 is 10.1 Å². The minimum absolute atomic E-state index is 0.368. The molecule has 0 aromatic heterocycles. The molecule has 0 saturated carbocycles. The summed E-state index contributed by atoms with van der Waals surface area (Å²) in [7, 11) is -1.26. The van der Waals surface area contributed by atoms with E-state index in [0.717, 1.165) is 12.2 Å². The van der Waals surface area contributed by atoms with E-state index in [9.17, 15) is 8.42 Å². The molecule has 0 rings (SSSR count). The minimum atomic E-state index is -3.79. The zero-order valence-electron chi connectivity index (χ0n) is 6.23. The normalized spacial score (nSPS) is 9.27. The van der Waals surface area contributed by atoms with E-state index in [-0.39, 0.29) is 5.75 Å². The van der Waals surface area contributed by atoms with E-state index in [2.05, 4.69) is 22.4 Å². The van der Waals surface area contributed by atoms with E-state index in [4.69, 9.17) is 4.55 Å². The summed E-state index contributed by atoms with van der Waals surface area (Å²) < 4.78 is 27.3. The fraction of sp³-hybridized carbons (Fsp3) is 0.333. The Bertz CT molecular complexity index is 196. The standard InChI is InChI=1S/C3H6O3S.C3H7P/c1-2-3-7(4,5)6;1-2-3-4/h2H,1,3H2,(H,4,5,6);2H,1,3-4H2. The highest BCUT2D eigenvalue weighted by Crippen LogP contribution is 1.78. The molecule has 1 atom stereocenters. The Morgan fingerprint density at radius 3 is 1.73 bits per heavy atom. The summed E-state index contributed by atoms with van der Waals surface area (Å²) in [6.07, 6.45) is 3.96. The number of hydrogen-bond donors (Lipinski definition) is 1. The first kappa shape index (κ1) is 13.4. The van der Waals surface area contributed by atoms with Gasteiger partial charge in [-0.25, -0.2) is 0 Å². The average Bonchev–Trinajstić information content (AvgIpc) is 1.86. The molecule has 0 aliphatic rings. The quantitative estimate of drug-likeness (QED) is 0.418. The average molecular weight is 196 g/mol. The lowest BCUT2D eigenvalue weighted by atomic mass is 10.8. The van der Waals surface area contributed by atoms with E-state index in [0.29, 0.717) is 0 Å². The highest BCUT2D eigenvalue weighted by Gasteiger charge is 1.95. The topological polar surface area (TPSA) is 54.4 Å². The van der Waals surface area contributed by atoms with Crippen molar-refractivity contribution in [3.63, 3.8) is 0 Å². The van der Waals surface area contributed by atoms with E-state index >= 15 is 0 Å². The monoisotopic (exact) mass is 196 g/mol. The van der Waals surface area contributed by atoms with Gasteiger partial charge in [-0.2, -0.15) is 8.42 Å². The molecular weight excluding hydrogens is 183 g/mol. The molecule has 3 nitrogen and oxygen atoms in total. The lowest BCUT2D eigenvalue weighted by molar-refractivity contribution is 0.487. The lowest BCUT2D eigenvalue weighted by Gasteiger charge is -1.82. The lowest BCUT2D eigenvalue weighted by Crippen LogP contribution is -1.99. The Hall–Kier alpha value is -0.180. The van der Waals surface area contributed by atoms with E-state index in [1.54, 1.807) is 0 Å². The van der Waals surface area contributed by atoms with E-state index in [1.165, 1.54) is 0 Å². The summed E-state index contributed by atoms with van der Waals surface area (Å²) in [6.45, 7) is 6.57. The highest BCUT2D eigenvalue weighted by molar-refractivity contribution is 7.85. The Morgan fingerprint density at radius 1 is 1.36 bits per heavy atom. The van der Waals surface area contributed by atoms with Crippen LogP contribution in [0.1, 0.15) is 0 Å². The highest BCUT2D eigenvalue weighted by atomic mass is 32.2. The molecule has 0 aromatic rings. The first-order valence-electron chi connectivity index (χ1n) is 2.85. The maximum absolute atomic E-state index is 9.72. The van der Waals surface area contributed by atoms with Crippen molar-refractivity contribution < 1.29 is 13.0 Å². The molecule has 5 heteroatoms. The summed E-state index contributed by atoms with van der Waals surface area (Å²) in [5.74, 6) is -0.368. The van der Waals surface area contributed by atoms with Crippen LogP contribution in [0.5, 0.6) is 0 Å². The van der Waals surface area contributed by atoms with Gasteiger partial charge in [-0.05, 0) is 6.16 Å². The van der Waals surface area contributed by atoms with Crippen molar-refractivity contribution in [1.82, 2.24) is 0 Å². The summed E-state index contributed by atoms with van der Waals surface area (Å²) in [4.78, 5) is 0. The first-order chi connectivity index (χ1) is 4.97. The van der Waals surface area contributed by atoms with Crippen LogP contribution in [-0.2, 0) is 10.1 Å². The molecule has 0 radical (unpaired) electrons. The van der Waals surface area contributed by atoms with Crippen molar-refractivity contribution >= 4 is 19.4 Å². The Balaban J connectivity index is 0. The third kappa shape index (κ3) is 25.8. The van der Waals surface area contributed by atoms with Crippen LogP contribution in [0.4, 0.5) is 0 Å². The van der Waals surface area contributed by atoms with Gasteiger partial charge in [-0.1, -0.05) is 12.2 Å². The van der Waals surface area contributed by atoms with Gasteiger partial charge in [0.25, 0.3) is 10.1 Å². The minimum Gasteiger partial charge on any atom is -0.285 e. The molecular formula is C6H13O3PS. The smallest absolute Gasteiger partial charge is 0.268 e. The van der Waals surface area contributed by atoms with Gasteiger partial charge in [0, 0.05) is 0 Å². The van der Waals surface area contributed by atoms with Gasteiger partial charge in [-0.15, -0.1) is 22.4 Å². The molecule has 0 aromatic carbocycles. The van der Waals surface area contributed by atoms with Gasteiger partial charge in [0.05, 0.1) is 5.75 Å². The number of hydrogen-bond acceptors (Lipinski definition) is 2. The van der Waals surface area contributed by atoms with Crippen LogP contribution in [0.3, 0.4) is 0 Å². The SMILES string of the molecule is C=CCP.C=CCS(=O)(=O)O. The van der Waals surface area contributed by atoms with Crippen molar-refractivity contribution in [1.29, 1.82) is 0 Å². The molecule has 0 aliphatic heterocycles. The summed E-state index contributed by atoms with van der Waals surface area (Å²) in [5.41, 5.74) is 0. The molecule has 11 heavy (non-hydrogen) atoms. The van der Waals surface area contributed by atoms with Crippen molar-refractivity contribution in [2.24, 2.45) is 0 Å². The summed E-state index contributed by atoms with van der Waals surface area (Å²) in [6, 6.07) is 0. The van der Waals surface area contributed by atoms with Crippen LogP contribution in [0.2, 0.25) is 0 Å².